The van der Waals surface area contributed by atoms with Gasteiger partial charge in [0.1, 0.15) is 0 Å². The lowest BCUT2D eigenvalue weighted by Crippen LogP contribution is -2.43. The smallest absolute Gasteiger partial charge is 0.220 e. The minimum absolute atomic E-state index is 0.0397. The molecule has 0 radical (unpaired) electrons. The molecule has 0 aromatic carbocycles. The summed E-state index contributed by atoms with van der Waals surface area (Å²) < 4.78 is 24.6. The van der Waals surface area contributed by atoms with Crippen LogP contribution in [-0.2, 0) is 21.2 Å². The van der Waals surface area contributed by atoms with Crippen molar-refractivity contribution in [3.8, 4) is 0 Å². The van der Waals surface area contributed by atoms with Crippen molar-refractivity contribution in [2.24, 2.45) is 5.92 Å². The highest BCUT2D eigenvalue weighted by Gasteiger charge is 2.25. The van der Waals surface area contributed by atoms with Gasteiger partial charge in [0.05, 0.1) is 11.9 Å². The minimum Gasteiger partial charge on any atom is -0.356 e. The van der Waals surface area contributed by atoms with Crippen molar-refractivity contribution < 1.29 is 13.2 Å². The highest BCUT2D eigenvalue weighted by molar-refractivity contribution is 7.88. The van der Waals surface area contributed by atoms with Crippen molar-refractivity contribution in [1.82, 2.24) is 19.6 Å². The molecule has 1 fully saturated rings. The van der Waals surface area contributed by atoms with Crippen LogP contribution in [-0.4, -0.2) is 54.5 Å². The van der Waals surface area contributed by atoms with Gasteiger partial charge in [-0.25, -0.2) is 12.7 Å². The van der Waals surface area contributed by atoms with E-state index in [0.29, 0.717) is 32.5 Å². The van der Waals surface area contributed by atoms with Gasteiger partial charge in [-0.3, -0.25) is 14.8 Å². The number of rotatable bonds is 6. The molecule has 7 nitrogen and oxygen atoms in total. The first-order chi connectivity index (χ1) is 10.4. The second-order valence-electron chi connectivity index (χ2n) is 5.63. The number of nitrogens with zero attached hydrogens (tertiary/aromatic N) is 3. The van der Waals surface area contributed by atoms with E-state index in [-0.39, 0.29) is 11.8 Å². The summed E-state index contributed by atoms with van der Waals surface area (Å²) in [6, 6.07) is 0. The van der Waals surface area contributed by atoms with Crippen LogP contribution >= 0.6 is 0 Å². The quantitative estimate of drug-likeness (QED) is 0.806. The zero-order chi connectivity index (χ0) is 16.0. The maximum Gasteiger partial charge on any atom is 0.220 e. The van der Waals surface area contributed by atoms with Crippen LogP contribution in [0.15, 0.2) is 18.6 Å². The van der Waals surface area contributed by atoms with E-state index in [1.54, 1.807) is 18.6 Å². The fraction of sp³-hybridized carbons (Fsp3) is 0.643. The molecule has 0 saturated carbocycles. The summed E-state index contributed by atoms with van der Waals surface area (Å²) in [5, 5.41) is 2.89. The summed E-state index contributed by atoms with van der Waals surface area (Å²) in [4.78, 5) is 19.9. The lowest BCUT2D eigenvalue weighted by molar-refractivity contribution is -0.121. The maximum absolute atomic E-state index is 11.8. The summed E-state index contributed by atoms with van der Waals surface area (Å²) in [7, 11) is -3.14. The van der Waals surface area contributed by atoms with Gasteiger partial charge in [0.15, 0.2) is 0 Å². The molecular formula is C14H22N4O3S. The number of sulfonamides is 1. The van der Waals surface area contributed by atoms with Crippen LogP contribution in [0.3, 0.4) is 0 Å². The van der Waals surface area contributed by atoms with Gasteiger partial charge in [-0.05, 0) is 25.2 Å². The molecule has 1 atom stereocenters. The fourth-order valence-corrected chi connectivity index (χ4v) is 3.48. The van der Waals surface area contributed by atoms with E-state index in [1.807, 2.05) is 0 Å². The third kappa shape index (κ3) is 5.34. The minimum atomic E-state index is -3.14. The predicted octanol–water partition coefficient (Wildman–Crippen LogP) is 0.197. The summed E-state index contributed by atoms with van der Waals surface area (Å²) >= 11 is 0. The van der Waals surface area contributed by atoms with Gasteiger partial charge in [0, 0.05) is 44.6 Å². The van der Waals surface area contributed by atoms with Crippen molar-refractivity contribution in [2.45, 2.75) is 25.7 Å². The predicted molar refractivity (Wildman–Crippen MR) is 82.5 cm³/mol. The van der Waals surface area contributed by atoms with Crippen LogP contribution in [0.5, 0.6) is 0 Å². The van der Waals surface area contributed by atoms with E-state index >= 15 is 0 Å². The Kier molecular flexibility index (Phi) is 5.84. The van der Waals surface area contributed by atoms with Gasteiger partial charge in [-0.1, -0.05) is 0 Å². The fourth-order valence-electron chi connectivity index (χ4n) is 2.54. The monoisotopic (exact) mass is 326 g/mol. The Bertz CT molecular complexity index is 591. The molecule has 22 heavy (non-hydrogen) atoms. The maximum atomic E-state index is 11.8. The number of hydrogen-bond acceptors (Lipinski definition) is 5. The van der Waals surface area contributed by atoms with Crippen molar-refractivity contribution in [2.75, 3.05) is 25.9 Å². The molecule has 1 aromatic rings. The van der Waals surface area contributed by atoms with Gasteiger partial charge in [0.2, 0.25) is 15.9 Å². The van der Waals surface area contributed by atoms with Gasteiger partial charge in [0.25, 0.3) is 0 Å². The Morgan fingerprint density at radius 2 is 2.27 bits per heavy atom. The summed E-state index contributed by atoms with van der Waals surface area (Å²) in [6.07, 6.45) is 8.78. The Morgan fingerprint density at radius 1 is 1.45 bits per heavy atom. The number of nitrogens with one attached hydrogen (secondary N) is 1. The Hall–Kier alpha value is -1.54. The average Bonchev–Trinajstić information content (AvgIpc) is 2.51. The highest BCUT2D eigenvalue weighted by atomic mass is 32.2. The van der Waals surface area contributed by atoms with Crippen molar-refractivity contribution in [3.05, 3.63) is 24.3 Å². The molecule has 0 unspecified atom stereocenters. The number of aromatic nitrogens is 2. The molecule has 0 spiro atoms. The molecule has 1 aromatic heterocycles. The first-order valence-corrected chi connectivity index (χ1v) is 9.26. The third-order valence-electron chi connectivity index (χ3n) is 3.76. The molecule has 1 amide bonds. The van der Waals surface area contributed by atoms with Crippen molar-refractivity contribution in [1.29, 1.82) is 0 Å². The van der Waals surface area contributed by atoms with E-state index < -0.39 is 10.0 Å². The van der Waals surface area contributed by atoms with E-state index in [9.17, 15) is 13.2 Å². The standard InChI is InChI=1S/C14H22N4O3S/c1-22(20,21)18-8-2-3-12(11-18)9-17-14(19)5-4-13-10-15-6-7-16-13/h6-7,10,12H,2-5,8-9,11H2,1H3,(H,17,19)/t12-/m0/s1. The highest BCUT2D eigenvalue weighted by Crippen LogP contribution is 2.17. The van der Waals surface area contributed by atoms with Crippen LogP contribution in [0.1, 0.15) is 25.0 Å². The molecule has 1 saturated heterocycles. The largest absolute Gasteiger partial charge is 0.356 e. The lowest BCUT2D eigenvalue weighted by Gasteiger charge is -2.30. The van der Waals surface area contributed by atoms with E-state index in [4.69, 9.17) is 0 Å². The second kappa shape index (κ2) is 7.64. The number of aryl methyl sites for hydroxylation is 1. The van der Waals surface area contributed by atoms with Crippen LogP contribution in [0.25, 0.3) is 0 Å². The Labute approximate surface area is 131 Å². The zero-order valence-electron chi connectivity index (χ0n) is 12.7. The Morgan fingerprint density at radius 3 is 2.95 bits per heavy atom. The molecule has 1 aliphatic rings. The molecule has 8 heteroatoms. The topological polar surface area (TPSA) is 92.3 Å². The van der Waals surface area contributed by atoms with Crippen molar-refractivity contribution in [3.63, 3.8) is 0 Å². The van der Waals surface area contributed by atoms with Gasteiger partial charge in [-0.2, -0.15) is 0 Å². The summed E-state index contributed by atoms with van der Waals surface area (Å²) in [6.45, 7) is 1.59. The van der Waals surface area contributed by atoms with Gasteiger partial charge < -0.3 is 5.32 Å². The Balaban J connectivity index is 1.72. The van der Waals surface area contributed by atoms with E-state index in [0.717, 1.165) is 18.5 Å². The van der Waals surface area contributed by atoms with Crippen LogP contribution in [0, 0.1) is 5.92 Å². The number of carbonyl (C=O) groups is 1. The van der Waals surface area contributed by atoms with Crippen LogP contribution < -0.4 is 5.32 Å². The average molecular weight is 326 g/mol. The third-order valence-corrected chi connectivity index (χ3v) is 5.03. The normalized spacial score (nSPS) is 19.8. The van der Waals surface area contributed by atoms with Gasteiger partial charge >= 0.3 is 0 Å². The summed E-state index contributed by atoms with van der Waals surface area (Å²) in [5.41, 5.74) is 0.790. The number of hydrogen-bond donors (Lipinski definition) is 1. The molecule has 1 N–H and O–H groups in total. The molecule has 1 aliphatic heterocycles. The summed E-state index contributed by atoms with van der Waals surface area (Å²) in [5.74, 6) is 0.145. The van der Waals surface area contributed by atoms with Crippen LogP contribution in [0.2, 0.25) is 0 Å². The molecule has 0 bridgehead atoms. The first kappa shape index (κ1) is 16.8. The van der Waals surface area contributed by atoms with E-state index in [2.05, 4.69) is 15.3 Å². The number of piperidine rings is 1. The number of amides is 1. The SMILES string of the molecule is CS(=O)(=O)N1CCC[C@@H](CNC(=O)CCc2cnccn2)C1. The van der Waals surface area contributed by atoms with E-state index in [1.165, 1.54) is 10.6 Å². The molecular weight excluding hydrogens is 304 g/mol. The molecule has 2 rings (SSSR count). The molecule has 122 valence electrons. The first-order valence-electron chi connectivity index (χ1n) is 7.42. The molecule has 0 aliphatic carbocycles. The second-order valence-corrected chi connectivity index (χ2v) is 7.61. The van der Waals surface area contributed by atoms with Crippen LogP contribution in [0.4, 0.5) is 0 Å². The molecule has 2 heterocycles. The number of carbonyl (C=O) groups excluding carboxylic acids is 1. The van der Waals surface area contributed by atoms with Crippen molar-refractivity contribution >= 4 is 15.9 Å². The van der Waals surface area contributed by atoms with Gasteiger partial charge in [-0.15, -0.1) is 0 Å². The zero-order valence-corrected chi connectivity index (χ0v) is 13.6. The lowest BCUT2D eigenvalue weighted by atomic mass is 9.99.